The lowest BCUT2D eigenvalue weighted by Gasteiger charge is -2.22. The fourth-order valence-electron chi connectivity index (χ4n) is 3.13. The second-order valence-electron chi connectivity index (χ2n) is 6.41. The Morgan fingerprint density at radius 1 is 1.24 bits per heavy atom. The third kappa shape index (κ3) is 4.45. The summed E-state index contributed by atoms with van der Waals surface area (Å²) in [7, 11) is 1.30. The molecule has 1 aliphatic rings. The van der Waals surface area contributed by atoms with Crippen LogP contribution >= 0.6 is 12.2 Å². The lowest BCUT2D eigenvalue weighted by Crippen LogP contribution is -2.37. The van der Waals surface area contributed by atoms with Crippen LogP contribution in [0.25, 0.3) is 0 Å². The summed E-state index contributed by atoms with van der Waals surface area (Å²) in [5.74, 6) is -0.345. The molecule has 1 saturated heterocycles. The fourth-order valence-corrected chi connectivity index (χ4v) is 3.54. The highest BCUT2D eigenvalue weighted by molar-refractivity contribution is 7.80. The van der Waals surface area contributed by atoms with Gasteiger partial charge < -0.3 is 19.4 Å². The van der Waals surface area contributed by atoms with Gasteiger partial charge in [-0.1, -0.05) is 0 Å². The number of rotatable bonds is 7. The molecule has 0 aliphatic carbocycles. The number of nitrogens with zero attached hydrogens (tertiary/aromatic N) is 2. The van der Waals surface area contributed by atoms with Crippen LogP contribution in [0.3, 0.4) is 0 Å². The fraction of sp³-hybridized carbons (Fsp3) is 0.300. The van der Waals surface area contributed by atoms with Crippen LogP contribution in [-0.4, -0.2) is 52.4 Å². The summed E-state index contributed by atoms with van der Waals surface area (Å²) >= 11 is 5.43. The molecule has 2 amide bonds. The van der Waals surface area contributed by atoms with Gasteiger partial charge in [-0.3, -0.25) is 14.5 Å². The van der Waals surface area contributed by atoms with Gasteiger partial charge >= 0.3 is 5.97 Å². The van der Waals surface area contributed by atoms with Crippen molar-refractivity contribution in [3.63, 3.8) is 0 Å². The number of carbonyl (C=O) groups excluding carboxylic acids is 3. The lowest BCUT2D eigenvalue weighted by atomic mass is 10.1. The van der Waals surface area contributed by atoms with E-state index in [9.17, 15) is 14.4 Å². The topological polar surface area (TPSA) is 92.1 Å². The van der Waals surface area contributed by atoms with Gasteiger partial charge in [0.15, 0.2) is 5.11 Å². The Labute approximate surface area is 173 Å². The molecular formula is C20H21N3O5S. The van der Waals surface area contributed by atoms with Crippen molar-refractivity contribution in [2.75, 3.05) is 19.0 Å². The molecule has 1 atom stereocenters. The zero-order valence-electron chi connectivity index (χ0n) is 16.1. The molecule has 0 unspecified atom stereocenters. The molecule has 0 spiro atoms. The Balaban J connectivity index is 1.70. The third-order valence-electron chi connectivity index (χ3n) is 4.59. The van der Waals surface area contributed by atoms with Gasteiger partial charge in [-0.05, 0) is 55.5 Å². The number of ether oxygens (including phenoxy) is 1. The van der Waals surface area contributed by atoms with Crippen molar-refractivity contribution in [3.05, 3.63) is 54.0 Å². The third-order valence-corrected chi connectivity index (χ3v) is 5.05. The molecule has 8 nitrogen and oxygen atoms in total. The SMILES string of the molecule is CCN1C(=O)[C@@H](CC(=O)Nc2ccc(C(=O)OC)cc2)N(Cc2ccco2)C1=S. The quantitative estimate of drug-likeness (QED) is 0.548. The molecule has 0 radical (unpaired) electrons. The van der Waals surface area contributed by atoms with E-state index < -0.39 is 12.0 Å². The van der Waals surface area contributed by atoms with Crippen LogP contribution in [0.15, 0.2) is 47.1 Å². The number of thiocarbonyl (C=S) groups is 1. The summed E-state index contributed by atoms with van der Waals surface area (Å²) in [6, 6.07) is 9.16. The Morgan fingerprint density at radius 3 is 2.55 bits per heavy atom. The van der Waals surface area contributed by atoms with Crippen molar-refractivity contribution < 1.29 is 23.5 Å². The molecule has 152 valence electrons. The van der Waals surface area contributed by atoms with E-state index in [2.05, 4.69) is 10.1 Å². The van der Waals surface area contributed by atoms with Crippen molar-refractivity contribution >= 4 is 40.8 Å². The summed E-state index contributed by atoms with van der Waals surface area (Å²) in [5, 5.41) is 3.13. The van der Waals surface area contributed by atoms with Crippen molar-refractivity contribution in [1.29, 1.82) is 0 Å². The normalized spacial score (nSPS) is 16.3. The Kier molecular flexibility index (Phi) is 6.28. The number of esters is 1. The maximum absolute atomic E-state index is 12.8. The van der Waals surface area contributed by atoms with Gasteiger partial charge in [0.2, 0.25) is 5.91 Å². The van der Waals surface area contributed by atoms with Crippen LogP contribution in [0, 0.1) is 0 Å². The molecule has 1 aliphatic heterocycles. The van der Waals surface area contributed by atoms with Crippen LogP contribution in [-0.2, 0) is 20.9 Å². The average Bonchev–Trinajstić information content (AvgIpc) is 3.30. The average molecular weight is 415 g/mol. The number of likely N-dealkylation sites (N-methyl/N-ethyl adjacent to an activating group) is 1. The van der Waals surface area contributed by atoms with Crippen LogP contribution < -0.4 is 5.32 Å². The molecule has 2 aromatic rings. The monoisotopic (exact) mass is 415 g/mol. The maximum Gasteiger partial charge on any atom is 0.337 e. The smallest absolute Gasteiger partial charge is 0.337 e. The highest BCUT2D eigenvalue weighted by Crippen LogP contribution is 2.24. The van der Waals surface area contributed by atoms with E-state index in [1.165, 1.54) is 12.0 Å². The van der Waals surface area contributed by atoms with Gasteiger partial charge in [-0.25, -0.2) is 4.79 Å². The summed E-state index contributed by atoms with van der Waals surface area (Å²) in [6.07, 6.45) is 1.49. The molecule has 0 saturated carbocycles. The largest absolute Gasteiger partial charge is 0.467 e. The van der Waals surface area contributed by atoms with E-state index in [-0.39, 0.29) is 18.2 Å². The molecule has 1 aromatic carbocycles. The Morgan fingerprint density at radius 2 is 1.97 bits per heavy atom. The van der Waals surface area contributed by atoms with Crippen molar-refractivity contribution in [2.24, 2.45) is 0 Å². The molecule has 2 heterocycles. The Hall–Kier alpha value is -3.20. The zero-order valence-corrected chi connectivity index (χ0v) is 16.9. The molecule has 3 rings (SSSR count). The standard InChI is InChI=1S/C20H21N3O5S/c1-3-22-18(25)16(23(20(22)29)12-15-5-4-10-28-15)11-17(24)21-14-8-6-13(7-9-14)19(26)27-2/h4-10,16H,3,11-12H2,1-2H3,(H,21,24)/t16-/m1/s1. The molecular weight excluding hydrogens is 394 g/mol. The van der Waals surface area contributed by atoms with Crippen LogP contribution in [0.4, 0.5) is 5.69 Å². The summed E-state index contributed by atoms with van der Waals surface area (Å²) in [6.45, 7) is 2.57. The van der Waals surface area contributed by atoms with E-state index in [0.29, 0.717) is 35.2 Å². The van der Waals surface area contributed by atoms with E-state index in [1.54, 1.807) is 47.6 Å². The van der Waals surface area contributed by atoms with E-state index in [1.807, 2.05) is 6.92 Å². The summed E-state index contributed by atoms with van der Waals surface area (Å²) in [4.78, 5) is 40.0. The molecule has 1 aromatic heterocycles. The second kappa shape index (κ2) is 8.87. The van der Waals surface area contributed by atoms with Gasteiger partial charge in [-0.2, -0.15) is 0 Å². The molecule has 0 bridgehead atoms. The van der Waals surface area contributed by atoms with Crippen molar-refractivity contribution in [3.8, 4) is 0 Å². The summed E-state index contributed by atoms with van der Waals surface area (Å²) in [5.41, 5.74) is 0.894. The predicted molar refractivity (Wildman–Crippen MR) is 109 cm³/mol. The number of hydrogen-bond donors (Lipinski definition) is 1. The number of amides is 2. The molecule has 1 N–H and O–H groups in total. The number of benzene rings is 1. The number of carbonyl (C=O) groups is 3. The maximum atomic E-state index is 12.8. The number of hydrogen-bond acceptors (Lipinski definition) is 6. The number of furan rings is 1. The van der Waals surface area contributed by atoms with E-state index in [4.69, 9.17) is 16.6 Å². The minimum Gasteiger partial charge on any atom is -0.467 e. The number of methoxy groups -OCH3 is 1. The Bertz CT molecular complexity index is 911. The number of anilines is 1. The first-order valence-corrected chi connectivity index (χ1v) is 9.48. The lowest BCUT2D eigenvalue weighted by molar-refractivity contribution is -0.130. The van der Waals surface area contributed by atoms with Gasteiger partial charge in [0, 0.05) is 12.2 Å². The van der Waals surface area contributed by atoms with Crippen LogP contribution in [0.2, 0.25) is 0 Å². The van der Waals surface area contributed by atoms with Gasteiger partial charge in [0.05, 0.1) is 31.9 Å². The first-order chi connectivity index (χ1) is 13.9. The highest BCUT2D eigenvalue weighted by atomic mass is 32.1. The minimum atomic E-state index is -0.707. The first kappa shape index (κ1) is 20.5. The number of nitrogens with one attached hydrogen (secondary N) is 1. The van der Waals surface area contributed by atoms with Crippen molar-refractivity contribution in [2.45, 2.75) is 25.9 Å². The molecule has 29 heavy (non-hydrogen) atoms. The second-order valence-corrected chi connectivity index (χ2v) is 6.77. The minimum absolute atomic E-state index is 0.0606. The first-order valence-electron chi connectivity index (χ1n) is 9.07. The van der Waals surface area contributed by atoms with Crippen LogP contribution in [0.1, 0.15) is 29.5 Å². The van der Waals surface area contributed by atoms with E-state index >= 15 is 0 Å². The predicted octanol–water partition coefficient (Wildman–Crippen LogP) is 2.41. The molecule has 9 heteroatoms. The zero-order chi connectivity index (χ0) is 21.0. The summed E-state index contributed by atoms with van der Waals surface area (Å²) < 4.78 is 10.0. The highest BCUT2D eigenvalue weighted by Gasteiger charge is 2.42. The van der Waals surface area contributed by atoms with Crippen molar-refractivity contribution in [1.82, 2.24) is 9.80 Å². The van der Waals surface area contributed by atoms with Gasteiger partial charge in [0.1, 0.15) is 11.8 Å². The van der Waals surface area contributed by atoms with E-state index in [0.717, 1.165) is 0 Å². The van der Waals surface area contributed by atoms with Gasteiger partial charge in [0.25, 0.3) is 5.91 Å². The van der Waals surface area contributed by atoms with Gasteiger partial charge in [-0.15, -0.1) is 0 Å². The molecule has 1 fully saturated rings. The van der Waals surface area contributed by atoms with Crippen LogP contribution in [0.5, 0.6) is 0 Å².